The lowest BCUT2D eigenvalue weighted by Crippen LogP contribution is -2.61. The number of benzene rings is 4. The van der Waals surface area contributed by atoms with Gasteiger partial charge >= 0.3 is 12.1 Å². The molecule has 1 aromatic heterocycles. The smallest absolute Gasteiger partial charge is 0.411 e. The largest absolute Gasteiger partial charge is 0.478 e. The molecule has 0 unspecified atom stereocenters. The van der Waals surface area contributed by atoms with E-state index in [4.69, 9.17) is 67.3 Å². The van der Waals surface area contributed by atoms with E-state index in [0.29, 0.717) is 198 Å². The average Bonchev–Trinajstić information content (AvgIpc) is 1.52. The van der Waals surface area contributed by atoms with Crippen molar-refractivity contribution in [2.24, 2.45) is 23.0 Å². The number of carboxylic acid groups (broad SMARTS) is 1. The van der Waals surface area contributed by atoms with Crippen molar-refractivity contribution in [2.75, 3.05) is 202 Å². The first kappa shape index (κ1) is 112. The van der Waals surface area contributed by atoms with E-state index in [1.807, 2.05) is 103 Å². The number of amides is 9. The second kappa shape index (κ2) is 62.4. The van der Waals surface area contributed by atoms with Gasteiger partial charge in [0.05, 0.1) is 176 Å². The Morgan fingerprint density at radius 1 is 0.530 bits per heavy atom. The number of fused-ring (bicyclic) bond motifs is 5. The van der Waals surface area contributed by atoms with Gasteiger partial charge in [0.15, 0.2) is 0 Å². The van der Waals surface area contributed by atoms with E-state index in [1.54, 1.807) is 88.5 Å². The fraction of sp³-hybridized carbons (Fsp3) is 0.604. The van der Waals surface area contributed by atoms with Crippen molar-refractivity contribution in [1.29, 1.82) is 0 Å². The van der Waals surface area contributed by atoms with Gasteiger partial charge in [-0.15, -0.1) is 0 Å². The standard InChI is InChI=1S/C96H146N14O24/c1-66(2)79(61-68(5)93(119)120)109(12)92(118)87(95(6,7)8)105-91(117)86(98-11)96(9,10)71-24-22-25-73(62-71)101-94(121)134-65-69-32-34-72(35-33-69)100-88(114)76(28-20-21-37-97)103-90(116)83(67(3)4)104-89(115)77(102-81(112)30-18-19-31-82(113)110-64-70-23-14-15-26-74(70)84-85(107-108-106-84)75-27-16-17-29-78(75)110)63-99-80(111)36-38-123-41-42-125-45-46-127-49-50-129-53-54-131-57-58-133-60-59-132-56-55-130-52-51-128-48-47-126-44-43-124-40-39-122-13/h14-17,22-27,29,32-35,61-62,66-67,76-77,79,83,86-87,98H,18-21,28,30-31,36-60,63-65,97H2,1-13H3,(H,99,111)(H,100,114)(H,101,121)(H,102,112)(H,103,116)(H,104,115)(H,105,117)(H,119,120)(H,106,107,108)/b68-61+/t76-,77-,79+,83-,86+,87+/m0/s1. The number of unbranched alkanes of at least 4 members (excludes halogenated alkanes) is 2. The highest BCUT2D eigenvalue weighted by Crippen LogP contribution is 2.40. The number of nitrogens with zero attached hydrogens (tertiary/aromatic N) is 4. The lowest BCUT2D eigenvalue weighted by Gasteiger charge is -2.40. The predicted molar refractivity (Wildman–Crippen MR) is 504 cm³/mol. The molecular weight excluding hydrogens is 1730 g/mol. The number of methoxy groups -OCH3 is 1. The second-order valence-corrected chi connectivity index (χ2v) is 34.4. The summed E-state index contributed by atoms with van der Waals surface area (Å²) >= 11 is 0. The minimum absolute atomic E-state index is 0.00111. The number of aliphatic carboxylic acids is 1. The van der Waals surface area contributed by atoms with Gasteiger partial charge in [0, 0.05) is 73.5 Å². The van der Waals surface area contributed by atoms with Gasteiger partial charge in [-0.2, -0.15) is 15.4 Å². The third-order valence-corrected chi connectivity index (χ3v) is 21.9. The van der Waals surface area contributed by atoms with Crippen LogP contribution in [0.25, 0.3) is 22.5 Å². The number of carboxylic acids is 1. The number of likely N-dealkylation sites (N-methyl/N-ethyl adjacent to an activating group) is 2. The van der Waals surface area contributed by atoms with Crippen molar-refractivity contribution >= 4 is 76.4 Å². The first-order valence-electron chi connectivity index (χ1n) is 46.1. The first-order valence-corrected chi connectivity index (χ1v) is 46.1. The minimum Gasteiger partial charge on any atom is -0.478 e. The Morgan fingerprint density at radius 2 is 1.05 bits per heavy atom. The van der Waals surface area contributed by atoms with Crippen LogP contribution in [0.15, 0.2) is 109 Å². The number of nitrogens with two attached hydrogens (primary N) is 1. The number of rotatable bonds is 68. The quantitative estimate of drug-likeness (QED) is 0.0133. The van der Waals surface area contributed by atoms with Crippen molar-refractivity contribution in [3.05, 3.63) is 125 Å². The number of carbonyl (C=O) groups is 10. The van der Waals surface area contributed by atoms with Crippen LogP contribution in [0.1, 0.15) is 137 Å². The Morgan fingerprint density at radius 3 is 1.57 bits per heavy atom. The molecule has 0 saturated heterocycles. The zero-order valence-corrected chi connectivity index (χ0v) is 80.4. The fourth-order valence-electron chi connectivity index (χ4n) is 14.3. The molecule has 38 nitrogen and oxygen atoms in total. The highest BCUT2D eigenvalue weighted by molar-refractivity contribution is 6.01. The summed E-state index contributed by atoms with van der Waals surface area (Å²) in [5.41, 5.74) is 10.6. The molecule has 0 spiro atoms. The van der Waals surface area contributed by atoms with Crippen molar-refractivity contribution < 1.29 is 115 Å². The predicted octanol–water partition coefficient (Wildman–Crippen LogP) is 7.42. The summed E-state index contributed by atoms with van der Waals surface area (Å²) < 4.78 is 71.4. The number of hydrogen-bond donors (Lipinski definition) is 11. The van der Waals surface area contributed by atoms with E-state index in [9.17, 15) is 53.1 Å². The maximum absolute atomic E-state index is 14.6. The molecule has 5 aromatic rings. The molecule has 6 rings (SSSR count). The normalized spacial score (nSPS) is 13.5. The molecule has 0 saturated carbocycles. The monoisotopic (exact) mass is 1880 g/mol. The number of nitrogens with one attached hydrogen (secondary N) is 9. The highest BCUT2D eigenvalue weighted by Gasteiger charge is 2.43. The van der Waals surface area contributed by atoms with Gasteiger partial charge in [-0.25, -0.2) is 9.59 Å². The van der Waals surface area contributed by atoms with Crippen LogP contribution >= 0.6 is 0 Å². The lowest BCUT2D eigenvalue weighted by molar-refractivity contribution is -0.141. The molecule has 0 fully saturated rings. The SMILES string of the molecule is CN[C@H](C(=O)N[C@H](C(=O)N(C)[C@H](/C=C(\C)C(=O)O)C(C)C)C(C)(C)C)C(C)(C)c1cccc(NC(=O)OCc2ccc(NC(=O)[C@H](CCCCN)NC(=O)[C@@H](NC(=O)[C@H](CNC(=O)CCOCCOCCOCCOCCOCCOCCOCCOCCOCCOCCOCCOC)NC(=O)CCCCC(=O)N3Cc4ccccc4-c4n[nH]nc4-c4ccccc43)C(C)C)cc2)c1. The second-order valence-electron chi connectivity index (χ2n) is 34.4. The molecule has 0 bridgehead atoms. The molecule has 4 aromatic carbocycles. The first-order chi connectivity index (χ1) is 64.4. The third kappa shape index (κ3) is 40.7. The third-order valence-electron chi connectivity index (χ3n) is 21.9. The highest BCUT2D eigenvalue weighted by atomic mass is 16.6. The molecule has 744 valence electrons. The van der Waals surface area contributed by atoms with Crippen LogP contribution in [0.4, 0.5) is 21.9 Å². The Labute approximate surface area is 787 Å². The molecular formula is C96H146N14O24. The van der Waals surface area contributed by atoms with Gasteiger partial charge in [-0.05, 0) is 117 Å². The van der Waals surface area contributed by atoms with E-state index in [1.165, 1.54) is 11.8 Å². The summed E-state index contributed by atoms with van der Waals surface area (Å²) in [6.07, 6.45) is 2.29. The van der Waals surface area contributed by atoms with Gasteiger partial charge in [-0.3, -0.25) is 43.7 Å². The molecule has 1 aliphatic rings. The summed E-state index contributed by atoms with van der Waals surface area (Å²) in [5.74, 6) is -5.99. The zero-order chi connectivity index (χ0) is 97.6. The number of H-pyrrole nitrogens is 1. The Hall–Kier alpha value is -10.3. The van der Waals surface area contributed by atoms with E-state index < -0.39 is 106 Å². The van der Waals surface area contributed by atoms with Crippen molar-refractivity contribution in [3.63, 3.8) is 0 Å². The van der Waals surface area contributed by atoms with Gasteiger partial charge in [0.2, 0.25) is 47.3 Å². The molecule has 2 heterocycles. The van der Waals surface area contributed by atoms with Crippen LogP contribution < -0.4 is 53.2 Å². The van der Waals surface area contributed by atoms with Crippen LogP contribution in [-0.2, 0) is 123 Å². The maximum Gasteiger partial charge on any atom is 0.411 e. The summed E-state index contributed by atoms with van der Waals surface area (Å²) in [5, 5.41) is 44.1. The molecule has 9 amide bonds. The number of para-hydroxylation sites is 1. The number of carbonyl (C=O) groups excluding carboxylic acids is 9. The Bertz CT molecular complexity index is 4390. The Kier molecular flexibility index (Phi) is 52.3. The topological polar surface area (TPSA) is 481 Å². The molecule has 134 heavy (non-hydrogen) atoms. The van der Waals surface area contributed by atoms with Crippen molar-refractivity contribution in [2.45, 2.75) is 175 Å². The van der Waals surface area contributed by atoms with E-state index in [0.717, 1.165) is 16.7 Å². The molecule has 12 N–H and O–H groups in total. The number of aromatic amines is 1. The molecule has 0 radical (unpaired) electrons. The van der Waals surface area contributed by atoms with Gasteiger partial charge in [-0.1, -0.05) is 135 Å². The molecule has 1 aliphatic heterocycles. The van der Waals surface area contributed by atoms with Gasteiger partial charge in [0.25, 0.3) is 0 Å². The average molecular weight is 1880 g/mol. The molecule has 0 aliphatic carbocycles. The van der Waals surface area contributed by atoms with Crippen molar-refractivity contribution in [1.82, 2.24) is 52.2 Å². The number of anilines is 3. The summed E-state index contributed by atoms with van der Waals surface area (Å²) in [4.78, 5) is 142. The number of aromatic nitrogens is 3. The maximum atomic E-state index is 14.6. The minimum atomic E-state index is -1.40. The van der Waals surface area contributed by atoms with Crippen LogP contribution in [0, 0.1) is 17.3 Å². The van der Waals surface area contributed by atoms with Crippen LogP contribution in [-0.4, -0.2) is 307 Å². The van der Waals surface area contributed by atoms with Gasteiger partial charge in [0.1, 0.15) is 42.2 Å². The summed E-state index contributed by atoms with van der Waals surface area (Å²) in [6.45, 7) is 27.0. The van der Waals surface area contributed by atoms with E-state index in [-0.39, 0.29) is 89.0 Å². The zero-order valence-electron chi connectivity index (χ0n) is 80.4. The fourth-order valence-corrected chi connectivity index (χ4v) is 14.3. The molecule has 38 heteroatoms. The molecule has 6 atom stereocenters. The number of ether oxygens (including phenoxy) is 13. The Balaban J connectivity index is 0.956. The van der Waals surface area contributed by atoms with Crippen LogP contribution in [0.5, 0.6) is 0 Å². The van der Waals surface area contributed by atoms with Crippen molar-refractivity contribution in [3.8, 4) is 22.5 Å². The summed E-state index contributed by atoms with van der Waals surface area (Å²) in [6, 6.07) is 22.3. The summed E-state index contributed by atoms with van der Waals surface area (Å²) in [7, 11) is 4.86. The van der Waals surface area contributed by atoms with Crippen LogP contribution in [0.2, 0.25) is 0 Å². The number of hydrogen-bond acceptors (Lipinski definition) is 27. The lowest BCUT2D eigenvalue weighted by atomic mass is 9.76. The van der Waals surface area contributed by atoms with E-state index >= 15 is 0 Å². The van der Waals surface area contributed by atoms with Crippen LogP contribution in [0.3, 0.4) is 0 Å². The van der Waals surface area contributed by atoms with E-state index in [2.05, 4.69) is 57.9 Å². The van der Waals surface area contributed by atoms with Gasteiger partial charge < -0.3 is 119 Å².